The second kappa shape index (κ2) is 11.5. The summed E-state index contributed by atoms with van der Waals surface area (Å²) in [6, 6.07) is 0. The summed E-state index contributed by atoms with van der Waals surface area (Å²) in [5.41, 5.74) is 0. The lowest BCUT2D eigenvalue weighted by molar-refractivity contribution is 0.0671. The Balaban J connectivity index is 1.08. The Morgan fingerprint density at radius 3 is 0.727 bits per heavy atom. The van der Waals surface area contributed by atoms with E-state index in [1.165, 1.54) is 0 Å². The van der Waals surface area contributed by atoms with E-state index >= 15 is 17.6 Å². The third-order valence-electron chi connectivity index (χ3n) is 13.8. The van der Waals surface area contributed by atoms with Crippen molar-refractivity contribution in [2.24, 2.45) is 47.3 Å². The van der Waals surface area contributed by atoms with Gasteiger partial charge in [-0.2, -0.15) is 0 Å². The van der Waals surface area contributed by atoms with Gasteiger partial charge in [0.2, 0.25) is 0 Å². The first kappa shape index (κ1) is 29.5. The van der Waals surface area contributed by atoms with Gasteiger partial charge in [-0.05, 0) is 75.0 Å². The molecule has 9 fully saturated rings. The molecule has 8 nitrogen and oxygen atoms in total. The van der Waals surface area contributed by atoms with Crippen molar-refractivity contribution in [1.82, 2.24) is 42.5 Å². The number of hydrogen-bond acceptors (Lipinski definition) is 8. The maximum Gasteiger partial charge on any atom is 0.106 e. The van der Waals surface area contributed by atoms with Crippen molar-refractivity contribution in [3.05, 3.63) is 0 Å². The molecule has 9 rings (SSSR count). The van der Waals surface area contributed by atoms with E-state index in [2.05, 4.69) is 42.5 Å². The summed E-state index contributed by atoms with van der Waals surface area (Å²) in [5.74, 6) is -0.463. The van der Waals surface area contributed by atoms with Crippen molar-refractivity contribution < 1.29 is 17.6 Å². The van der Waals surface area contributed by atoms with Crippen LogP contribution in [0.2, 0.25) is 0 Å². The molecule has 248 valence electrons. The zero-order valence-electron chi connectivity index (χ0n) is 25.5. The predicted octanol–water partition coefficient (Wildman–Crippen LogP) is 2.40. The molecule has 5 aliphatic heterocycles. The molecular weight excluding hydrogens is 572 g/mol. The van der Waals surface area contributed by atoms with E-state index in [0.717, 1.165) is 51.4 Å². The number of nitrogens with one attached hydrogen (secondary N) is 8. The van der Waals surface area contributed by atoms with Gasteiger partial charge in [0.25, 0.3) is 0 Å². The Hall–Kier alpha value is -0.600. The third kappa shape index (κ3) is 4.74. The highest BCUT2D eigenvalue weighted by Crippen LogP contribution is 2.47. The summed E-state index contributed by atoms with van der Waals surface area (Å²) in [6.07, 6.45) is 3.95. The van der Waals surface area contributed by atoms with Crippen LogP contribution in [-0.4, -0.2) is 74.0 Å². The minimum absolute atomic E-state index is 0.0625. The molecule has 20 unspecified atom stereocenters. The van der Waals surface area contributed by atoms with Gasteiger partial charge in [0.1, 0.15) is 24.7 Å². The number of rotatable bonds is 0. The molecule has 8 N–H and O–H groups in total. The summed E-state index contributed by atoms with van der Waals surface area (Å²) in [4.78, 5) is 0. The van der Waals surface area contributed by atoms with Crippen molar-refractivity contribution in [3.63, 3.8) is 0 Å². The normalized spacial score (nSPS) is 60.3. The monoisotopic (exact) mass is 624 g/mol. The molecule has 0 aromatic carbocycles. The molecule has 0 radical (unpaired) electrons. The molecule has 8 bridgehead atoms. The zero-order chi connectivity index (χ0) is 29.7. The first-order chi connectivity index (χ1) is 21.4. The number of halogens is 4. The molecule has 4 saturated carbocycles. The summed E-state index contributed by atoms with van der Waals surface area (Å²) >= 11 is 0. The number of hydrogen-bond donors (Lipinski definition) is 8. The molecule has 44 heavy (non-hydrogen) atoms. The van der Waals surface area contributed by atoms with E-state index in [9.17, 15) is 0 Å². The second-order valence-corrected chi connectivity index (χ2v) is 15.9. The van der Waals surface area contributed by atoms with Crippen LogP contribution in [-0.2, 0) is 0 Å². The number of fused-ring (bicyclic) bond motifs is 20. The predicted molar refractivity (Wildman–Crippen MR) is 158 cm³/mol. The highest BCUT2D eigenvalue weighted by molar-refractivity contribution is 5.11. The lowest BCUT2D eigenvalue weighted by Crippen LogP contribution is -2.62. The highest BCUT2D eigenvalue weighted by Gasteiger charge is 2.58. The Kier molecular flexibility index (Phi) is 7.74. The number of alkyl halides is 4. The Bertz CT molecular complexity index is 1060. The zero-order valence-corrected chi connectivity index (χ0v) is 25.5. The third-order valence-corrected chi connectivity index (χ3v) is 13.8. The van der Waals surface area contributed by atoms with Gasteiger partial charge in [-0.3, -0.25) is 42.5 Å². The van der Waals surface area contributed by atoms with Crippen molar-refractivity contribution >= 4 is 0 Å². The second-order valence-electron chi connectivity index (χ2n) is 15.9. The van der Waals surface area contributed by atoms with Gasteiger partial charge >= 0.3 is 0 Å². The van der Waals surface area contributed by atoms with Crippen LogP contribution in [0.15, 0.2) is 0 Å². The van der Waals surface area contributed by atoms with Crippen molar-refractivity contribution in [2.45, 2.75) is 151 Å². The fourth-order valence-electron chi connectivity index (χ4n) is 12.0. The van der Waals surface area contributed by atoms with Gasteiger partial charge in [0, 0.05) is 23.7 Å². The van der Waals surface area contributed by atoms with E-state index in [1.54, 1.807) is 0 Å². The molecule has 12 heteroatoms. The van der Waals surface area contributed by atoms with Crippen LogP contribution in [0, 0.1) is 47.3 Å². The van der Waals surface area contributed by atoms with Crippen LogP contribution in [0.3, 0.4) is 0 Å². The summed E-state index contributed by atoms with van der Waals surface area (Å²) < 4.78 is 63.1. The quantitative estimate of drug-likeness (QED) is 0.195. The van der Waals surface area contributed by atoms with Crippen molar-refractivity contribution in [3.8, 4) is 0 Å². The van der Waals surface area contributed by atoms with Crippen LogP contribution >= 0.6 is 0 Å². The topological polar surface area (TPSA) is 96.2 Å². The van der Waals surface area contributed by atoms with E-state index in [4.69, 9.17) is 0 Å². The average molecular weight is 625 g/mol. The van der Waals surface area contributed by atoms with Crippen molar-refractivity contribution in [1.29, 1.82) is 0 Å². The minimum atomic E-state index is -0.939. The molecule has 0 spiro atoms. The lowest BCUT2D eigenvalue weighted by atomic mass is 9.75. The SMILES string of the molecule is FC1CCCC2C3NC4NC(NC5NC(NC6NC(NC(N3)C12)C1CCCC(F)C61)C1CCCC(F)C51)C1C(F)CCCC41. The van der Waals surface area contributed by atoms with Gasteiger partial charge in [-0.25, -0.2) is 17.6 Å². The molecule has 5 saturated heterocycles. The van der Waals surface area contributed by atoms with Crippen LogP contribution in [0.25, 0.3) is 0 Å². The Morgan fingerprint density at radius 2 is 0.477 bits per heavy atom. The summed E-state index contributed by atoms with van der Waals surface area (Å²) in [7, 11) is 0. The first-order valence-electron chi connectivity index (χ1n) is 18.1. The van der Waals surface area contributed by atoms with E-state index in [0.29, 0.717) is 25.7 Å². The molecule has 9 aliphatic rings. The maximum atomic E-state index is 15.8. The fourth-order valence-corrected chi connectivity index (χ4v) is 12.0. The summed E-state index contributed by atoms with van der Waals surface area (Å²) in [6.45, 7) is 0. The summed E-state index contributed by atoms with van der Waals surface area (Å²) in [5, 5.41) is 30.1. The maximum absolute atomic E-state index is 15.8. The van der Waals surface area contributed by atoms with Crippen LogP contribution < -0.4 is 42.5 Å². The Morgan fingerprint density at radius 1 is 0.273 bits per heavy atom. The van der Waals surface area contributed by atoms with Gasteiger partial charge in [0.15, 0.2) is 0 Å². The van der Waals surface area contributed by atoms with E-state index in [1.807, 2.05) is 0 Å². The smallest absolute Gasteiger partial charge is 0.106 e. The van der Waals surface area contributed by atoms with Gasteiger partial charge in [-0.15, -0.1) is 0 Å². The molecule has 20 atom stereocenters. The molecular formula is C32H52F4N8. The van der Waals surface area contributed by atoms with E-state index in [-0.39, 0.29) is 96.7 Å². The average Bonchev–Trinajstić information content (AvgIpc) is 3.74. The highest BCUT2D eigenvalue weighted by atomic mass is 19.1. The van der Waals surface area contributed by atoms with Gasteiger partial charge in [-0.1, -0.05) is 25.7 Å². The standard InChI is InChI=1S/C32H52F4N8/c33-17-9-1-5-13-21(17)29-38-25(13)37-26-14-6-2-11-19(35)23(14)31(39-26)44-32-24-16(8-4-12-20(24)36)28(43-32)42-30-22-15(27(40-29)41-30)7-3-10-18(22)34/h13-32,37-44H,1-12H2. The molecule has 0 aromatic heterocycles. The molecule has 0 aromatic rings. The minimum Gasteiger partial charge on any atom is -0.286 e. The van der Waals surface area contributed by atoms with Crippen molar-refractivity contribution in [2.75, 3.05) is 0 Å². The molecule has 0 amide bonds. The molecule has 5 heterocycles. The van der Waals surface area contributed by atoms with Crippen LogP contribution in [0.5, 0.6) is 0 Å². The van der Waals surface area contributed by atoms with Gasteiger partial charge in [0.05, 0.1) is 49.3 Å². The lowest BCUT2D eigenvalue weighted by Gasteiger charge is -2.37. The molecule has 4 aliphatic carbocycles. The van der Waals surface area contributed by atoms with E-state index < -0.39 is 24.7 Å². The first-order valence-corrected chi connectivity index (χ1v) is 18.1. The fraction of sp³-hybridized carbons (Fsp3) is 1.00. The largest absolute Gasteiger partial charge is 0.286 e. The van der Waals surface area contributed by atoms with Gasteiger partial charge < -0.3 is 0 Å². The van der Waals surface area contributed by atoms with Crippen LogP contribution in [0.4, 0.5) is 17.6 Å². The van der Waals surface area contributed by atoms with Crippen LogP contribution in [0.1, 0.15) is 77.0 Å². The Labute approximate surface area is 258 Å².